The fraction of sp³-hybridized carbons (Fsp3) is 0.136. The number of aromatic amines is 1. The Bertz CT molecular complexity index is 1430. The van der Waals surface area contributed by atoms with Crippen LogP contribution in [0.5, 0.6) is 0 Å². The van der Waals surface area contributed by atoms with Gasteiger partial charge in [0.05, 0.1) is 29.3 Å². The largest absolute Gasteiger partial charge is 0.383 e. The van der Waals surface area contributed by atoms with Gasteiger partial charge in [0.1, 0.15) is 22.8 Å². The van der Waals surface area contributed by atoms with Crippen molar-refractivity contribution in [2.24, 2.45) is 0 Å². The van der Waals surface area contributed by atoms with Gasteiger partial charge < -0.3 is 11.1 Å². The minimum absolute atomic E-state index is 0.149. The molecule has 10 heteroatoms. The van der Waals surface area contributed by atoms with E-state index in [4.69, 9.17) is 5.73 Å². The first-order valence-electron chi connectivity index (χ1n) is 9.96. The Kier molecular flexibility index (Phi) is 4.74. The number of halogens is 1. The van der Waals surface area contributed by atoms with E-state index in [2.05, 4.69) is 30.6 Å². The molecule has 32 heavy (non-hydrogen) atoms. The topological polar surface area (TPSA) is 127 Å². The number of aromatic nitrogens is 6. The zero-order valence-electron chi connectivity index (χ0n) is 17.1. The number of nitrogens with zero attached hydrogens (tertiary/aromatic N) is 5. The molecular formula is C22H19FN8O. The molecule has 4 N–H and O–H groups in total. The van der Waals surface area contributed by atoms with E-state index in [1.807, 2.05) is 37.4 Å². The van der Waals surface area contributed by atoms with Gasteiger partial charge in [-0.2, -0.15) is 10.2 Å². The molecule has 1 atom stereocenters. The summed E-state index contributed by atoms with van der Waals surface area (Å²) in [5.41, 5.74) is 9.67. The maximum Gasteiger partial charge on any atom is 0.270 e. The molecule has 0 fully saturated rings. The Labute approximate surface area is 181 Å². The Hall–Kier alpha value is -4.34. The van der Waals surface area contributed by atoms with Crippen LogP contribution in [0.3, 0.4) is 0 Å². The highest BCUT2D eigenvalue weighted by Gasteiger charge is 2.15. The third-order valence-electron chi connectivity index (χ3n) is 5.14. The van der Waals surface area contributed by atoms with Gasteiger partial charge in [0, 0.05) is 29.4 Å². The molecule has 4 aromatic heterocycles. The number of benzene rings is 1. The standard InChI is InChI=1S/C22H19FN8O/c1-12(27-22(32)18-5-3-14(23)9-25-18)10-31-11-16-20(30-31)15-4-2-13(17-6-7-26-29-17)8-19(15)28-21(16)24/h2-9,11-12H,10H2,1H3,(H2,24,28)(H,26,29)(H,27,32). The molecule has 0 aliphatic carbocycles. The number of amides is 1. The van der Waals surface area contributed by atoms with E-state index in [0.717, 1.165) is 39.3 Å². The van der Waals surface area contributed by atoms with Gasteiger partial charge >= 0.3 is 0 Å². The van der Waals surface area contributed by atoms with Gasteiger partial charge in [-0.15, -0.1) is 0 Å². The van der Waals surface area contributed by atoms with Crippen molar-refractivity contribution in [3.05, 3.63) is 66.5 Å². The van der Waals surface area contributed by atoms with Gasteiger partial charge in [-0.3, -0.25) is 14.6 Å². The number of fused-ring (bicyclic) bond motifs is 3. The molecule has 0 bridgehead atoms. The lowest BCUT2D eigenvalue weighted by molar-refractivity contribution is 0.0931. The first kappa shape index (κ1) is 19.6. The summed E-state index contributed by atoms with van der Waals surface area (Å²) >= 11 is 0. The van der Waals surface area contributed by atoms with Crippen LogP contribution >= 0.6 is 0 Å². The first-order chi connectivity index (χ1) is 15.5. The van der Waals surface area contributed by atoms with Gasteiger partial charge in [-0.1, -0.05) is 6.07 Å². The summed E-state index contributed by atoms with van der Waals surface area (Å²) in [5, 5.41) is 16.1. The van der Waals surface area contributed by atoms with Crippen LogP contribution in [0.1, 0.15) is 17.4 Å². The van der Waals surface area contributed by atoms with Crippen LogP contribution in [0.25, 0.3) is 33.1 Å². The van der Waals surface area contributed by atoms with Crippen LogP contribution in [0.2, 0.25) is 0 Å². The van der Waals surface area contributed by atoms with Crippen molar-refractivity contribution in [2.75, 3.05) is 5.73 Å². The molecule has 5 aromatic rings. The smallest absolute Gasteiger partial charge is 0.270 e. The molecule has 1 amide bonds. The number of pyridine rings is 2. The lowest BCUT2D eigenvalue weighted by atomic mass is 10.1. The number of nitrogens with two attached hydrogens (primary N) is 1. The molecule has 5 rings (SSSR count). The number of rotatable bonds is 5. The van der Waals surface area contributed by atoms with Crippen molar-refractivity contribution in [3.63, 3.8) is 0 Å². The van der Waals surface area contributed by atoms with Gasteiger partial charge in [-0.25, -0.2) is 14.4 Å². The Morgan fingerprint density at radius 1 is 1.25 bits per heavy atom. The third kappa shape index (κ3) is 3.62. The van der Waals surface area contributed by atoms with E-state index in [1.165, 1.54) is 12.1 Å². The molecule has 0 spiro atoms. The molecule has 0 saturated carbocycles. The molecule has 4 heterocycles. The SMILES string of the molecule is CC(Cn1cc2c(N)nc3cc(-c4ccn[nH]4)ccc3c2n1)NC(=O)c1ccc(F)cn1. The minimum atomic E-state index is -0.493. The molecular weight excluding hydrogens is 411 g/mol. The second-order valence-electron chi connectivity index (χ2n) is 7.55. The number of anilines is 1. The number of hydrogen-bond donors (Lipinski definition) is 3. The maximum absolute atomic E-state index is 13.0. The number of nitrogen functional groups attached to an aromatic ring is 1. The highest BCUT2D eigenvalue weighted by molar-refractivity contribution is 6.08. The molecule has 160 valence electrons. The molecule has 0 radical (unpaired) electrons. The second-order valence-corrected chi connectivity index (χ2v) is 7.55. The Morgan fingerprint density at radius 3 is 2.88 bits per heavy atom. The highest BCUT2D eigenvalue weighted by atomic mass is 19.1. The normalized spacial score (nSPS) is 12.3. The zero-order valence-corrected chi connectivity index (χ0v) is 17.1. The molecule has 1 unspecified atom stereocenters. The number of hydrogen-bond acceptors (Lipinski definition) is 6. The van der Waals surface area contributed by atoms with Crippen LogP contribution in [0.4, 0.5) is 10.2 Å². The van der Waals surface area contributed by atoms with E-state index in [1.54, 1.807) is 10.9 Å². The lowest BCUT2D eigenvalue weighted by Gasteiger charge is -2.13. The monoisotopic (exact) mass is 430 g/mol. The molecule has 0 aliphatic rings. The predicted octanol–water partition coefficient (Wildman–Crippen LogP) is 2.91. The summed E-state index contributed by atoms with van der Waals surface area (Å²) in [4.78, 5) is 20.7. The van der Waals surface area contributed by atoms with Crippen molar-refractivity contribution in [3.8, 4) is 11.3 Å². The summed E-state index contributed by atoms with van der Waals surface area (Å²) in [6.07, 6.45) is 4.52. The summed E-state index contributed by atoms with van der Waals surface area (Å²) in [6.45, 7) is 2.26. The van der Waals surface area contributed by atoms with Gasteiger partial charge in [-0.05, 0) is 37.3 Å². The summed E-state index contributed by atoms with van der Waals surface area (Å²) in [6, 6.07) is 10.1. The fourth-order valence-corrected chi connectivity index (χ4v) is 3.63. The Balaban J connectivity index is 1.41. The average Bonchev–Trinajstić information content (AvgIpc) is 3.44. The number of carbonyl (C=O) groups excluding carboxylic acids is 1. The van der Waals surface area contributed by atoms with Gasteiger partial charge in [0.2, 0.25) is 0 Å². The maximum atomic E-state index is 13.0. The van der Waals surface area contributed by atoms with E-state index in [-0.39, 0.29) is 17.6 Å². The van der Waals surface area contributed by atoms with E-state index < -0.39 is 5.82 Å². The highest BCUT2D eigenvalue weighted by Crippen LogP contribution is 2.29. The summed E-state index contributed by atoms with van der Waals surface area (Å²) < 4.78 is 14.7. The molecule has 1 aromatic carbocycles. The molecule has 0 saturated heterocycles. The van der Waals surface area contributed by atoms with E-state index in [0.29, 0.717) is 12.4 Å². The number of H-pyrrole nitrogens is 1. The lowest BCUT2D eigenvalue weighted by Crippen LogP contribution is -2.36. The summed E-state index contributed by atoms with van der Waals surface area (Å²) in [7, 11) is 0. The van der Waals surface area contributed by atoms with Crippen molar-refractivity contribution in [1.29, 1.82) is 0 Å². The van der Waals surface area contributed by atoms with Crippen molar-refractivity contribution in [2.45, 2.75) is 19.5 Å². The van der Waals surface area contributed by atoms with Crippen LogP contribution in [-0.2, 0) is 6.54 Å². The van der Waals surface area contributed by atoms with Crippen molar-refractivity contribution in [1.82, 2.24) is 35.3 Å². The van der Waals surface area contributed by atoms with E-state index >= 15 is 0 Å². The van der Waals surface area contributed by atoms with Gasteiger partial charge in [0.15, 0.2) is 0 Å². The first-order valence-corrected chi connectivity index (χ1v) is 9.96. The van der Waals surface area contributed by atoms with Crippen LogP contribution in [-0.4, -0.2) is 41.9 Å². The van der Waals surface area contributed by atoms with Gasteiger partial charge in [0.25, 0.3) is 5.91 Å². The quantitative estimate of drug-likeness (QED) is 0.393. The number of carbonyl (C=O) groups is 1. The van der Waals surface area contributed by atoms with Crippen LogP contribution < -0.4 is 11.1 Å². The van der Waals surface area contributed by atoms with Crippen molar-refractivity contribution < 1.29 is 9.18 Å². The van der Waals surface area contributed by atoms with Crippen LogP contribution in [0, 0.1) is 5.82 Å². The zero-order chi connectivity index (χ0) is 22.2. The fourth-order valence-electron chi connectivity index (χ4n) is 3.63. The third-order valence-corrected chi connectivity index (χ3v) is 5.14. The van der Waals surface area contributed by atoms with Crippen molar-refractivity contribution >= 4 is 33.5 Å². The molecule has 0 aliphatic heterocycles. The summed E-state index contributed by atoms with van der Waals surface area (Å²) in [5.74, 6) is -0.493. The molecule has 9 nitrogen and oxygen atoms in total. The minimum Gasteiger partial charge on any atom is -0.383 e. The van der Waals surface area contributed by atoms with E-state index in [9.17, 15) is 9.18 Å². The van der Waals surface area contributed by atoms with Crippen LogP contribution in [0.15, 0.2) is 55.0 Å². The second kappa shape index (κ2) is 7.73. The Morgan fingerprint density at radius 2 is 2.12 bits per heavy atom. The average molecular weight is 430 g/mol. The predicted molar refractivity (Wildman–Crippen MR) is 118 cm³/mol. The number of nitrogens with one attached hydrogen (secondary N) is 2.